The van der Waals surface area contributed by atoms with Gasteiger partial charge in [-0.3, -0.25) is 14.6 Å². The number of aliphatic carboxylic acids is 2. The number of fused-ring (bicyclic) bond motifs is 1. The van der Waals surface area contributed by atoms with Gasteiger partial charge in [0, 0.05) is 23.2 Å². The second-order valence-corrected chi connectivity index (χ2v) is 6.34. The van der Waals surface area contributed by atoms with Crippen LogP contribution in [0.15, 0.2) is 35.3 Å². The molecule has 0 aliphatic heterocycles. The van der Waals surface area contributed by atoms with Gasteiger partial charge in [-0.05, 0) is 48.8 Å². The number of H-pyrrole nitrogens is 2. The topological polar surface area (TPSA) is 197 Å². The average molecular weight is 476 g/mol. The molecule has 33 heavy (non-hydrogen) atoms. The number of nitrogens with zero attached hydrogens (tertiary/aromatic N) is 1. The van der Waals surface area contributed by atoms with E-state index in [-0.39, 0.29) is 70.6 Å². The van der Waals surface area contributed by atoms with Crippen molar-refractivity contribution in [3.8, 4) is 0 Å². The van der Waals surface area contributed by atoms with E-state index >= 15 is 0 Å². The first-order valence-electron chi connectivity index (χ1n) is 11.3. The molecule has 5 N–H and O–H groups in total. The van der Waals surface area contributed by atoms with E-state index in [1.165, 1.54) is 29.6 Å². The predicted octanol–water partition coefficient (Wildman–Crippen LogP) is -8.00. The maximum Gasteiger partial charge on any atom is 1.00 e. The number of amides is 1. The summed E-state index contributed by atoms with van der Waals surface area (Å²) in [6, 6.07) is 1.65. The van der Waals surface area contributed by atoms with E-state index in [0.717, 1.165) is 0 Å². The Balaban J connectivity index is 0.00000361. The summed E-state index contributed by atoms with van der Waals surface area (Å²) < 4.78 is 37.8. The van der Waals surface area contributed by atoms with E-state index in [4.69, 9.17) is 12.6 Å². The summed E-state index contributed by atoms with van der Waals surface area (Å²) in [5.74, 6) is -6.49. The van der Waals surface area contributed by atoms with Crippen LogP contribution >= 0.6 is 0 Å². The number of aryl methyl sites for hydroxylation is 2. The number of nitrogens with one attached hydrogen (secondary N) is 3. The number of hydrogen-bond acceptors (Lipinski definition) is 8. The molecule has 2 aromatic heterocycles. The molecule has 3 rings (SSSR count). The van der Waals surface area contributed by atoms with Crippen molar-refractivity contribution in [2.24, 2.45) is 0 Å². The minimum Gasteiger partial charge on any atom is -0.550 e. The number of benzene rings is 1. The first-order valence-corrected chi connectivity index (χ1v) is 8.82. The number of carboxylic acid groups (broad SMARTS) is 2. The van der Waals surface area contributed by atoms with Gasteiger partial charge in [-0.15, -0.1) is 0 Å². The summed E-state index contributed by atoms with van der Waals surface area (Å²) in [5, 5.41) is 24.4. The van der Waals surface area contributed by atoms with E-state index in [9.17, 15) is 29.4 Å². The van der Waals surface area contributed by atoms with Crippen LogP contribution in [0.1, 0.15) is 41.1 Å². The van der Waals surface area contributed by atoms with Gasteiger partial charge in [0.2, 0.25) is 5.95 Å². The molecule has 0 unspecified atom stereocenters. The molecule has 0 saturated carbocycles. The van der Waals surface area contributed by atoms with Crippen molar-refractivity contribution in [3.05, 3.63) is 57.5 Å². The smallest absolute Gasteiger partial charge is 0.550 e. The van der Waals surface area contributed by atoms with Crippen LogP contribution in [0.5, 0.6) is 0 Å². The molecule has 1 aromatic carbocycles. The molecule has 2 heterocycles. The zero-order valence-electron chi connectivity index (χ0n) is 22.8. The van der Waals surface area contributed by atoms with Crippen molar-refractivity contribution in [3.63, 3.8) is 0 Å². The summed E-state index contributed by atoms with van der Waals surface area (Å²) >= 11 is 0. The Labute approximate surface area is 239 Å². The number of carboxylic acids is 2. The molecule has 13 heteroatoms. The monoisotopic (exact) mass is 476 g/mol. The van der Waals surface area contributed by atoms with Gasteiger partial charge in [0.05, 0.1) is 18.7 Å². The van der Waals surface area contributed by atoms with Gasteiger partial charge in [0.1, 0.15) is 5.65 Å². The number of carbonyl (C=O) groups excluding carboxylic acids is 3. The number of nitrogen functional groups attached to an aromatic ring is 1. The molecule has 0 saturated heterocycles. The van der Waals surface area contributed by atoms with Crippen LogP contribution in [-0.4, -0.2) is 38.8 Å². The minimum atomic E-state index is -3.98. The third kappa shape index (κ3) is 7.70. The van der Waals surface area contributed by atoms with Crippen molar-refractivity contribution in [1.29, 1.82) is 0 Å². The zero-order chi connectivity index (χ0) is 27.1. The SMILES string of the molecule is [2H]C([2H])(C(=O)[O-])C([2H])([2H])[C@@]([2H])(NC(=O)c1ccc(CCc2c[nH]c3nc(N)[nH]c(=O)c23)cc1)C(=O)[O-].[Na+].[Na+]. The summed E-state index contributed by atoms with van der Waals surface area (Å²) in [6.45, 7) is 0. The molecular formula is C20H19N5Na2O6. The van der Waals surface area contributed by atoms with Crippen molar-refractivity contribution >= 4 is 34.8 Å². The van der Waals surface area contributed by atoms with Crippen LogP contribution in [0.25, 0.3) is 11.0 Å². The molecule has 1 amide bonds. The van der Waals surface area contributed by atoms with Gasteiger partial charge in [-0.25, -0.2) is 0 Å². The molecular weight excluding hydrogens is 452 g/mol. The van der Waals surface area contributed by atoms with Crippen LogP contribution in [0, 0.1) is 0 Å². The summed E-state index contributed by atoms with van der Waals surface area (Å²) in [6.07, 6.45) is -5.52. The van der Waals surface area contributed by atoms with E-state index in [0.29, 0.717) is 35.0 Å². The minimum absolute atomic E-state index is 0. The van der Waals surface area contributed by atoms with Gasteiger partial charge >= 0.3 is 59.1 Å². The Morgan fingerprint density at radius 3 is 2.45 bits per heavy atom. The summed E-state index contributed by atoms with van der Waals surface area (Å²) in [4.78, 5) is 56.5. The first kappa shape index (κ1) is 21.4. The van der Waals surface area contributed by atoms with E-state index in [1.807, 2.05) is 0 Å². The van der Waals surface area contributed by atoms with Crippen LogP contribution in [0.3, 0.4) is 0 Å². The Hall–Kier alpha value is -2.15. The van der Waals surface area contributed by atoms with Crippen molar-refractivity contribution in [2.75, 3.05) is 5.73 Å². The van der Waals surface area contributed by atoms with Gasteiger partial charge in [0.25, 0.3) is 11.5 Å². The van der Waals surface area contributed by atoms with Gasteiger partial charge in [-0.2, -0.15) is 4.98 Å². The van der Waals surface area contributed by atoms with Gasteiger partial charge in [0.15, 0.2) is 0 Å². The van der Waals surface area contributed by atoms with E-state index in [2.05, 4.69) is 15.0 Å². The fraction of sp³-hybridized carbons (Fsp3) is 0.250. The number of anilines is 1. The summed E-state index contributed by atoms with van der Waals surface area (Å²) in [7, 11) is 0. The van der Waals surface area contributed by atoms with Crippen LogP contribution < -0.4 is 85.9 Å². The number of hydrogen-bond donors (Lipinski definition) is 4. The number of aromatic nitrogens is 3. The molecule has 0 spiro atoms. The van der Waals surface area contributed by atoms with Crippen molar-refractivity contribution < 1.29 is 90.6 Å². The van der Waals surface area contributed by atoms with Crippen molar-refractivity contribution in [1.82, 2.24) is 20.3 Å². The van der Waals surface area contributed by atoms with Crippen LogP contribution in [-0.2, 0) is 22.4 Å². The molecule has 162 valence electrons. The van der Waals surface area contributed by atoms with E-state index < -0.39 is 42.2 Å². The Bertz CT molecular complexity index is 1420. The molecule has 0 aliphatic rings. The summed E-state index contributed by atoms with van der Waals surface area (Å²) in [5.41, 5.74) is 6.58. The second-order valence-electron chi connectivity index (χ2n) is 6.34. The van der Waals surface area contributed by atoms with Gasteiger partial charge < -0.3 is 35.8 Å². The Kier molecular flexibility index (Phi) is 8.37. The van der Waals surface area contributed by atoms with E-state index in [1.54, 1.807) is 6.20 Å². The van der Waals surface area contributed by atoms with Crippen LogP contribution in [0.2, 0.25) is 0 Å². The Morgan fingerprint density at radius 2 is 1.85 bits per heavy atom. The molecule has 1 atom stereocenters. The maximum absolute atomic E-state index is 12.5. The fourth-order valence-corrected chi connectivity index (χ4v) is 2.85. The first-order chi connectivity index (χ1) is 16.6. The third-order valence-corrected chi connectivity index (χ3v) is 4.27. The van der Waals surface area contributed by atoms with Crippen molar-refractivity contribution in [2.45, 2.75) is 31.6 Å². The van der Waals surface area contributed by atoms with Crippen LogP contribution in [0.4, 0.5) is 5.95 Å². The molecule has 0 fully saturated rings. The number of rotatable bonds is 9. The zero-order valence-corrected chi connectivity index (χ0v) is 21.8. The molecule has 0 radical (unpaired) electrons. The number of nitrogens with two attached hydrogens (primary N) is 1. The molecule has 11 nitrogen and oxygen atoms in total. The molecule has 0 aliphatic carbocycles. The number of aromatic amines is 2. The predicted molar refractivity (Wildman–Crippen MR) is 105 cm³/mol. The largest absolute Gasteiger partial charge is 1.00 e. The maximum atomic E-state index is 12.5. The standard InChI is InChI=1S/C20H21N5O6.2Na/c21-20-24-16-15(18(29)25-20)12(9-22-16)6-3-10-1-4-11(5-2-10)17(28)23-13(19(30)31)7-8-14(26)27;;/h1-2,4-5,9,13H,3,6-8H2,(H,23,28)(H,26,27)(H,30,31)(H4,21,22,24,25,29);;/q;2*+1/p-2/t13-;;/m1../s1/i7D2,8D2,13D;;. The Morgan fingerprint density at radius 1 is 1.18 bits per heavy atom. The molecule has 0 bridgehead atoms. The van der Waals surface area contributed by atoms with Gasteiger partial charge in [-0.1, -0.05) is 12.1 Å². The third-order valence-electron chi connectivity index (χ3n) is 4.27. The second kappa shape index (κ2) is 12.9. The average Bonchev–Trinajstić information content (AvgIpc) is 3.20. The fourth-order valence-electron chi connectivity index (χ4n) is 2.85. The molecule has 3 aromatic rings. The quantitative estimate of drug-likeness (QED) is 0.218. The normalized spacial score (nSPS) is 15.2. The number of carbonyl (C=O) groups is 3.